The Balaban J connectivity index is 1.20. The van der Waals surface area contributed by atoms with Crippen molar-refractivity contribution in [3.8, 4) is 11.5 Å². The molecule has 166 valence electrons. The number of ether oxygens (including phenoxy) is 1. The van der Waals surface area contributed by atoms with E-state index in [1.165, 1.54) is 0 Å². The molecular formula is C23H26N6O3. The summed E-state index contributed by atoms with van der Waals surface area (Å²) in [4.78, 5) is 30.0. The van der Waals surface area contributed by atoms with Crippen LogP contribution in [-0.2, 0) is 11.2 Å². The van der Waals surface area contributed by atoms with Gasteiger partial charge in [-0.25, -0.2) is 4.98 Å². The fourth-order valence-electron chi connectivity index (χ4n) is 4.34. The zero-order valence-corrected chi connectivity index (χ0v) is 17.9. The topological polar surface area (TPSA) is 97.5 Å². The predicted molar refractivity (Wildman–Crippen MR) is 117 cm³/mol. The first-order valence-electron chi connectivity index (χ1n) is 11.1. The molecule has 1 aromatic carbocycles. The smallest absolute Gasteiger partial charge is 0.253 e. The van der Waals surface area contributed by atoms with Crippen LogP contribution in [0.15, 0.2) is 47.4 Å². The second kappa shape index (κ2) is 9.44. The molecule has 0 bridgehead atoms. The molecule has 2 fully saturated rings. The number of likely N-dealkylation sites (tertiary alicyclic amines) is 1. The Morgan fingerprint density at radius 3 is 2.72 bits per heavy atom. The summed E-state index contributed by atoms with van der Waals surface area (Å²) in [6.45, 7) is 4.72. The maximum absolute atomic E-state index is 13.1. The second-order valence-corrected chi connectivity index (χ2v) is 8.21. The summed E-state index contributed by atoms with van der Waals surface area (Å²) in [5.74, 6) is 1.38. The molecule has 0 unspecified atom stereocenters. The normalized spacial score (nSPS) is 19.2. The van der Waals surface area contributed by atoms with Crippen LogP contribution >= 0.6 is 0 Å². The third kappa shape index (κ3) is 4.62. The fourth-order valence-corrected chi connectivity index (χ4v) is 4.34. The van der Waals surface area contributed by atoms with Gasteiger partial charge in [0.2, 0.25) is 11.7 Å². The minimum atomic E-state index is 0.0778. The average Bonchev–Trinajstić information content (AvgIpc) is 3.33. The number of piperidine rings is 1. The van der Waals surface area contributed by atoms with Crippen molar-refractivity contribution >= 4 is 11.6 Å². The molecule has 2 saturated heterocycles. The largest absolute Gasteiger partial charge is 0.378 e. The number of morpholine rings is 1. The number of hydrogen-bond acceptors (Lipinski definition) is 8. The van der Waals surface area contributed by atoms with Gasteiger partial charge in [-0.2, -0.15) is 4.98 Å². The van der Waals surface area contributed by atoms with Gasteiger partial charge in [0.1, 0.15) is 5.69 Å². The first-order valence-corrected chi connectivity index (χ1v) is 11.1. The minimum absolute atomic E-state index is 0.0778. The molecule has 0 saturated carbocycles. The summed E-state index contributed by atoms with van der Waals surface area (Å²) < 4.78 is 10.8. The van der Waals surface area contributed by atoms with Crippen molar-refractivity contribution in [3.05, 3.63) is 54.3 Å². The fraction of sp³-hybridized carbons (Fsp3) is 0.435. The maximum atomic E-state index is 13.1. The van der Waals surface area contributed by atoms with E-state index in [1.807, 2.05) is 29.2 Å². The van der Waals surface area contributed by atoms with E-state index in [0.29, 0.717) is 30.4 Å². The molecule has 0 spiro atoms. The molecule has 1 atom stereocenters. The van der Waals surface area contributed by atoms with Gasteiger partial charge in [0.25, 0.3) is 5.91 Å². The van der Waals surface area contributed by atoms with Crippen LogP contribution in [0.4, 0.5) is 5.69 Å². The molecule has 4 heterocycles. The summed E-state index contributed by atoms with van der Waals surface area (Å²) in [5, 5.41) is 4.02. The summed E-state index contributed by atoms with van der Waals surface area (Å²) >= 11 is 0. The zero-order valence-electron chi connectivity index (χ0n) is 17.9. The van der Waals surface area contributed by atoms with Gasteiger partial charge < -0.3 is 19.1 Å². The molecule has 32 heavy (non-hydrogen) atoms. The third-order valence-electron chi connectivity index (χ3n) is 6.02. The summed E-state index contributed by atoms with van der Waals surface area (Å²) in [6.07, 6.45) is 7.46. The quantitative estimate of drug-likeness (QED) is 0.604. The lowest BCUT2D eigenvalue weighted by molar-refractivity contribution is 0.0668. The summed E-state index contributed by atoms with van der Waals surface area (Å²) in [7, 11) is 0. The predicted octanol–water partition coefficient (Wildman–Crippen LogP) is 2.46. The van der Waals surface area contributed by atoms with Crippen LogP contribution in [-0.4, -0.2) is 70.3 Å². The van der Waals surface area contributed by atoms with Gasteiger partial charge in [0, 0.05) is 56.2 Å². The van der Waals surface area contributed by atoms with E-state index in [-0.39, 0.29) is 11.8 Å². The number of aromatic nitrogens is 4. The Morgan fingerprint density at radius 1 is 1.09 bits per heavy atom. The summed E-state index contributed by atoms with van der Waals surface area (Å²) in [6, 6.07) is 7.93. The molecule has 9 heteroatoms. The maximum Gasteiger partial charge on any atom is 0.253 e. The van der Waals surface area contributed by atoms with Crippen molar-refractivity contribution in [1.82, 2.24) is 25.0 Å². The van der Waals surface area contributed by atoms with E-state index in [9.17, 15) is 4.79 Å². The molecule has 0 radical (unpaired) electrons. The van der Waals surface area contributed by atoms with Gasteiger partial charge in [0.15, 0.2) is 0 Å². The standard InChI is InChI=1S/C23H26N6O3/c30-23(18-3-5-19(6-4-18)28-10-12-31-13-11-28)29-9-1-2-17(16-29)14-21-26-22(27-32-21)20-15-24-7-8-25-20/h3-8,15,17H,1-2,9-14,16H2/t17-/m1/s1. The van der Waals surface area contributed by atoms with Crippen LogP contribution in [0.1, 0.15) is 29.1 Å². The number of amides is 1. The highest BCUT2D eigenvalue weighted by molar-refractivity contribution is 5.94. The number of benzene rings is 1. The van der Waals surface area contributed by atoms with Crippen LogP contribution in [0.2, 0.25) is 0 Å². The van der Waals surface area contributed by atoms with Gasteiger partial charge in [-0.1, -0.05) is 5.16 Å². The lowest BCUT2D eigenvalue weighted by Crippen LogP contribution is -2.40. The molecule has 5 rings (SSSR count). The van der Waals surface area contributed by atoms with Crippen LogP contribution in [0.25, 0.3) is 11.5 Å². The number of hydrogen-bond donors (Lipinski definition) is 0. The first-order chi connectivity index (χ1) is 15.8. The zero-order chi connectivity index (χ0) is 21.8. The van der Waals surface area contributed by atoms with Gasteiger partial charge in [-0.3, -0.25) is 9.78 Å². The van der Waals surface area contributed by atoms with Crippen molar-refractivity contribution in [2.45, 2.75) is 19.3 Å². The Morgan fingerprint density at radius 2 is 1.94 bits per heavy atom. The Hall–Kier alpha value is -3.33. The van der Waals surface area contributed by atoms with E-state index in [0.717, 1.165) is 56.9 Å². The number of rotatable bonds is 5. The molecule has 1 amide bonds. The molecule has 2 aromatic heterocycles. The van der Waals surface area contributed by atoms with E-state index in [4.69, 9.17) is 9.26 Å². The van der Waals surface area contributed by atoms with E-state index in [2.05, 4.69) is 25.0 Å². The van der Waals surface area contributed by atoms with Gasteiger partial charge in [0.05, 0.1) is 19.4 Å². The minimum Gasteiger partial charge on any atom is -0.378 e. The monoisotopic (exact) mass is 434 g/mol. The lowest BCUT2D eigenvalue weighted by Gasteiger charge is -2.32. The Kier molecular flexibility index (Phi) is 6.06. The number of carbonyl (C=O) groups is 1. The molecule has 0 N–H and O–H groups in total. The number of anilines is 1. The second-order valence-electron chi connectivity index (χ2n) is 8.21. The van der Waals surface area contributed by atoms with Crippen molar-refractivity contribution in [1.29, 1.82) is 0 Å². The van der Waals surface area contributed by atoms with Crippen molar-refractivity contribution in [3.63, 3.8) is 0 Å². The van der Waals surface area contributed by atoms with Gasteiger partial charge in [-0.15, -0.1) is 0 Å². The highest BCUT2D eigenvalue weighted by Crippen LogP contribution is 2.24. The highest BCUT2D eigenvalue weighted by Gasteiger charge is 2.26. The Bertz CT molecular complexity index is 1030. The molecule has 2 aliphatic heterocycles. The van der Waals surface area contributed by atoms with Crippen molar-refractivity contribution in [2.75, 3.05) is 44.3 Å². The summed E-state index contributed by atoms with van der Waals surface area (Å²) in [5.41, 5.74) is 2.45. The van der Waals surface area contributed by atoms with Crippen LogP contribution < -0.4 is 4.90 Å². The van der Waals surface area contributed by atoms with Crippen molar-refractivity contribution in [2.24, 2.45) is 5.92 Å². The van der Waals surface area contributed by atoms with Gasteiger partial charge >= 0.3 is 0 Å². The van der Waals surface area contributed by atoms with Crippen LogP contribution in [0, 0.1) is 5.92 Å². The lowest BCUT2D eigenvalue weighted by atomic mass is 9.94. The van der Waals surface area contributed by atoms with E-state index >= 15 is 0 Å². The average molecular weight is 435 g/mol. The molecular weight excluding hydrogens is 408 g/mol. The molecule has 2 aliphatic rings. The first kappa shape index (κ1) is 20.6. The van der Waals surface area contributed by atoms with E-state index in [1.54, 1.807) is 18.6 Å². The Labute approximate surface area is 186 Å². The third-order valence-corrected chi connectivity index (χ3v) is 6.02. The van der Waals surface area contributed by atoms with Gasteiger partial charge in [-0.05, 0) is 43.0 Å². The molecule has 0 aliphatic carbocycles. The van der Waals surface area contributed by atoms with Crippen LogP contribution in [0.3, 0.4) is 0 Å². The number of carbonyl (C=O) groups excluding carboxylic acids is 1. The SMILES string of the molecule is O=C(c1ccc(N2CCOCC2)cc1)N1CCC[C@H](Cc2nc(-c3cnccn3)no2)C1. The molecule has 3 aromatic rings. The van der Waals surface area contributed by atoms with Crippen molar-refractivity contribution < 1.29 is 14.1 Å². The van der Waals surface area contributed by atoms with Crippen LogP contribution in [0.5, 0.6) is 0 Å². The highest BCUT2D eigenvalue weighted by atomic mass is 16.5. The van der Waals surface area contributed by atoms with E-state index < -0.39 is 0 Å². The molecule has 9 nitrogen and oxygen atoms in total. The number of nitrogens with zero attached hydrogens (tertiary/aromatic N) is 6.